The van der Waals surface area contributed by atoms with Gasteiger partial charge in [-0.2, -0.15) is 0 Å². The molecule has 106 valence electrons. The van der Waals surface area contributed by atoms with Crippen molar-refractivity contribution in [2.24, 2.45) is 11.7 Å². The second kappa shape index (κ2) is 7.51. The molecular weight excluding hydrogens is 236 g/mol. The van der Waals surface area contributed by atoms with Gasteiger partial charge in [0.2, 0.25) is 0 Å². The number of rotatable bonds is 8. The summed E-state index contributed by atoms with van der Waals surface area (Å²) in [7, 11) is 0. The highest BCUT2D eigenvalue weighted by Gasteiger charge is 2.19. The lowest BCUT2D eigenvalue weighted by atomic mass is 9.85. The number of hydrogen-bond donors (Lipinski definition) is 1. The summed E-state index contributed by atoms with van der Waals surface area (Å²) >= 11 is 0. The molecule has 1 aromatic rings. The van der Waals surface area contributed by atoms with Crippen molar-refractivity contribution in [3.05, 3.63) is 29.8 Å². The predicted octanol–water partition coefficient (Wildman–Crippen LogP) is 2.65. The highest BCUT2D eigenvalue weighted by Crippen LogP contribution is 2.27. The Morgan fingerprint density at radius 2 is 2.11 bits per heavy atom. The van der Waals surface area contributed by atoms with Gasteiger partial charge in [-0.15, -0.1) is 0 Å². The second-order valence-electron chi connectivity index (χ2n) is 5.35. The van der Waals surface area contributed by atoms with Crippen LogP contribution in [0.4, 0.5) is 0 Å². The zero-order chi connectivity index (χ0) is 13.5. The topological polar surface area (TPSA) is 38.5 Å². The number of hydrogen-bond acceptors (Lipinski definition) is 3. The lowest BCUT2D eigenvalue weighted by Gasteiger charge is -2.31. The van der Waals surface area contributed by atoms with E-state index in [0.717, 1.165) is 36.9 Å². The van der Waals surface area contributed by atoms with Crippen molar-refractivity contribution in [2.75, 3.05) is 26.2 Å². The van der Waals surface area contributed by atoms with Crippen LogP contribution < -0.4 is 10.5 Å². The molecule has 0 spiro atoms. The van der Waals surface area contributed by atoms with Crippen molar-refractivity contribution in [3.63, 3.8) is 0 Å². The average molecular weight is 262 g/mol. The molecule has 3 heteroatoms. The smallest absolute Gasteiger partial charge is 0.123 e. The van der Waals surface area contributed by atoms with Gasteiger partial charge in [0.25, 0.3) is 0 Å². The van der Waals surface area contributed by atoms with Crippen LogP contribution in [0.1, 0.15) is 31.7 Å². The summed E-state index contributed by atoms with van der Waals surface area (Å²) in [6.45, 7) is 6.86. The van der Waals surface area contributed by atoms with Crippen LogP contribution in [0.3, 0.4) is 0 Å². The van der Waals surface area contributed by atoms with Crippen LogP contribution in [0.25, 0.3) is 0 Å². The molecule has 1 aliphatic carbocycles. The standard InChI is InChI=1S/C16H26N2O/c1-2-18(13-14-6-5-7-14)10-11-19-16-9-4-3-8-15(16)12-17/h3-4,8-9,14H,2,5-7,10-13,17H2,1H3. The maximum absolute atomic E-state index is 5.87. The van der Waals surface area contributed by atoms with Crippen molar-refractivity contribution in [3.8, 4) is 5.75 Å². The van der Waals surface area contributed by atoms with E-state index in [1.165, 1.54) is 25.8 Å². The van der Waals surface area contributed by atoms with Gasteiger partial charge < -0.3 is 10.5 Å². The van der Waals surface area contributed by atoms with Gasteiger partial charge in [-0.05, 0) is 31.4 Å². The van der Waals surface area contributed by atoms with Crippen LogP contribution in [0.2, 0.25) is 0 Å². The minimum Gasteiger partial charge on any atom is -0.492 e. The monoisotopic (exact) mass is 262 g/mol. The number of nitrogens with zero attached hydrogens (tertiary/aromatic N) is 1. The third-order valence-corrected chi connectivity index (χ3v) is 4.05. The largest absolute Gasteiger partial charge is 0.492 e. The molecule has 0 bridgehead atoms. The number of para-hydroxylation sites is 1. The van der Waals surface area contributed by atoms with Crippen LogP contribution in [0.5, 0.6) is 5.75 Å². The van der Waals surface area contributed by atoms with Gasteiger partial charge in [0.05, 0.1) is 0 Å². The molecular formula is C16H26N2O. The van der Waals surface area contributed by atoms with E-state index in [1.807, 2.05) is 24.3 Å². The molecule has 1 saturated carbocycles. The fourth-order valence-electron chi connectivity index (χ4n) is 2.52. The van der Waals surface area contributed by atoms with Crippen molar-refractivity contribution in [2.45, 2.75) is 32.7 Å². The number of nitrogens with two attached hydrogens (primary N) is 1. The minimum atomic E-state index is 0.537. The van der Waals surface area contributed by atoms with Gasteiger partial charge in [0.1, 0.15) is 12.4 Å². The molecule has 0 aromatic heterocycles. The van der Waals surface area contributed by atoms with E-state index >= 15 is 0 Å². The Labute approximate surface area is 116 Å². The van der Waals surface area contributed by atoms with Crippen molar-refractivity contribution < 1.29 is 4.74 Å². The van der Waals surface area contributed by atoms with E-state index in [0.29, 0.717) is 6.54 Å². The van der Waals surface area contributed by atoms with Gasteiger partial charge in [-0.1, -0.05) is 31.5 Å². The van der Waals surface area contributed by atoms with Crippen LogP contribution in [-0.2, 0) is 6.54 Å². The van der Waals surface area contributed by atoms with E-state index in [2.05, 4.69) is 11.8 Å². The Bertz CT molecular complexity index is 377. The summed E-state index contributed by atoms with van der Waals surface area (Å²) in [6, 6.07) is 8.04. The lowest BCUT2D eigenvalue weighted by molar-refractivity contribution is 0.158. The number of ether oxygens (including phenoxy) is 1. The fourth-order valence-corrected chi connectivity index (χ4v) is 2.52. The first-order valence-corrected chi connectivity index (χ1v) is 7.46. The zero-order valence-corrected chi connectivity index (χ0v) is 12.0. The molecule has 0 unspecified atom stereocenters. The van der Waals surface area contributed by atoms with Gasteiger partial charge in [-0.25, -0.2) is 0 Å². The van der Waals surface area contributed by atoms with Crippen LogP contribution in [-0.4, -0.2) is 31.1 Å². The fraction of sp³-hybridized carbons (Fsp3) is 0.625. The highest BCUT2D eigenvalue weighted by molar-refractivity contribution is 5.32. The first kappa shape index (κ1) is 14.4. The third-order valence-electron chi connectivity index (χ3n) is 4.05. The molecule has 1 fully saturated rings. The Kier molecular flexibility index (Phi) is 5.67. The van der Waals surface area contributed by atoms with Crippen molar-refractivity contribution in [1.29, 1.82) is 0 Å². The third kappa shape index (κ3) is 4.22. The van der Waals surface area contributed by atoms with Gasteiger partial charge in [0, 0.05) is 25.2 Å². The number of benzene rings is 1. The molecule has 1 aromatic carbocycles. The molecule has 19 heavy (non-hydrogen) atoms. The Balaban J connectivity index is 1.74. The molecule has 0 radical (unpaired) electrons. The van der Waals surface area contributed by atoms with Crippen molar-refractivity contribution in [1.82, 2.24) is 4.90 Å². The summed E-state index contributed by atoms with van der Waals surface area (Å²) in [6.07, 6.45) is 4.24. The van der Waals surface area contributed by atoms with Crippen LogP contribution >= 0.6 is 0 Å². The minimum absolute atomic E-state index is 0.537. The van der Waals surface area contributed by atoms with E-state index in [-0.39, 0.29) is 0 Å². The molecule has 0 heterocycles. The van der Waals surface area contributed by atoms with E-state index in [9.17, 15) is 0 Å². The van der Waals surface area contributed by atoms with Gasteiger partial charge >= 0.3 is 0 Å². The molecule has 0 amide bonds. The Hall–Kier alpha value is -1.06. The van der Waals surface area contributed by atoms with Gasteiger partial charge in [0.15, 0.2) is 0 Å². The molecule has 0 saturated heterocycles. The maximum atomic E-state index is 5.87. The molecule has 2 N–H and O–H groups in total. The van der Waals surface area contributed by atoms with E-state index in [4.69, 9.17) is 10.5 Å². The first-order valence-electron chi connectivity index (χ1n) is 7.46. The molecule has 3 nitrogen and oxygen atoms in total. The zero-order valence-electron chi connectivity index (χ0n) is 12.0. The summed E-state index contributed by atoms with van der Waals surface area (Å²) in [4.78, 5) is 2.49. The van der Waals surface area contributed by atoms with Crippen LogP contribution in [0.15, 0.2) is 24.3 Å². The summed E-state index contributed by atoms with van der Waals surface area (Å²) < 4.78 is 5.87. The Morgan fingerprint density at radius 1 is 1.32 bits per heavy atom. The SMILES string of the molecule is CCN(CCOc1ccccc1CN)CC1CCC1. The maximum Gasteiger partial charge on any atom is 0.123 e. The normalized spacial score (nSPS) is 15.5. The molecule has 2 rings (SSSR count). The molecule has 0 aliphatic heterocycles. The van der Waals surface area contributed by atoms with Gasteiger partial charge in [-0.3, -0.25) is 4.90 Å². The summed E-state index contributed by atoms with van der Waals surface area (Å²) in [5, 5.41) is 0. The first-order chi connectivity index (χ1) is 9.33. The predicted molar refractivity (Wildman–Crippen MR) is 79.3 cm³/mol. The molecule has 1 aliphatic rings. The lowest BCUT2D eigenvalue weighted by Crippen LogP contribution is -2.35. The summed E-state index contributed by atoms with van der Waals surface area (Å²) in [5.41, 5.74) is 6.80. The highest BCUT2D eigenvalue weighted by atomic mass is 16.5. The van der Waals surface area contributed by atoms with Crippen LogP contribution in [0, 0.1) is 5.92 Å². The van der Waals surface area contributed by atoms with E-state index < -0.39 is 0 Å². The summed E-state index contributed by atoms with van der Waals surface area (Å²) in [5.74, 6) is 1.86. The Morgan fingerprint density at radius 3 is 2.74 bits per heavy atom. The van der Waals surface area contributed by atoms with E-state index in [1.54, 1.807) is 0 Å². The quantitative estimate of drug-likeness (QED) is 0.782. The average Bonchev–Trinajstić information content (AvgIpc) is 2.41. The molecule has 0 atom stereocenters. The second-order valence-corrected chi connectivity index (χ2v) is 5.35. The van der Waals surface area contributed by atoms with Crippen molar-refractivity contribution >= 4 is 0 Å². The number of likely N-dealkylation sites (N-methyl/N-ethyl adjacent to an activating group) is 1.